The SMILES string of the molecule is [C-]#[N+]c1cc(-c2ccnc(C)c2)c2nc(C3CCCN3)n(-c3cc(F)c(OC)c(F)c3)c(=O)c2c1. The van der Waals surface area contributed by atoms with Crippen molar-refractivity contribution in [2.75, 3.05) is 13.7 Å². The summed E-state index contributed by atoms with van der Waals surface area (Å²) in [6.45, 7) is 10.1. The predicted molar refractivity (Wildman–Crippen MR) is 128 cm³/mol. The average Bonchev–Trinajstić information content (AvgIpc) is 3.38. The first-order valence-corrected chi connectivity index (χ1v) is 11.1. The fourth-order valence-corrected chi connectivity index (χ4v) is 4.55. The molecule has 1 atom stereocenters. The van der Waals surface area contributed by atoms with Gasteiger partial charge in [-0.1, -0.05) is 0 Å². The van der Waals surface area contributed by atoms with E-state index < -0.39 is 22.9 Å². The van der Waals surface area contributed by atoms with E-state index in [-0.39, 0.29) is 22.8 Å². The van der Waals surface area contributed by atoms with Gasteiger partial charge in [-0.3, -0.25) is 14.3 Å². The van der Waals surface area contributed by atoms with Crippen LogP contribution in [0.15, 0.2) is 47.4 Å². The Morgan fingerprint density at radius 2 is 1.97 bits per heavy atom. The van der Waals surface area contributed by atoms with E-state index in [0.29, 0.717) is 23.3 Å². The Kier molecular flexibility index (Phi) is 5.75. The summed E-state index contributed by atoms with van der Waals surface area (Å²) in [5, 5.41) is 3.51. The topological polar surface area (TPSA) is 73.4 Å². The molecule has 4 aromatic rings. The number of hydrogen-bond donors (Lipinski definition) is 1. The van der Waals surface area contributed by atoms with Crippen LogP contribution in [0.2, 0.25) is 0 Å². The van der Waals surface area contributed by atoms with Crippen LogP contribution >= 0.6 is 0 Å². The number of aromatic nitrogens is 3. The van der Waals surface area contributed by atoms with E-state index in [0.717, 1.165) is 36.4 Å². The third kappa shape index (κ3) is 3.92. The molecule has 0 radical (unpaired) electrons. The van der Waals surface area contributed by atoms with Gasteiger partial charge in [0.1, 0.15) is 5.82 Å². The van der Waals surface area contributed by atoms with E-state index in [1.165, 1.54) is 17.7 Å². The van der Waals surface area contributed by atoms with E-state index in [1.807, 2.05) is 13.0 Å². The molecule has 9 heteroatoms. The minimum atomic E-state index is -0.928. The quantitative estimate of drug-likeness (QED) is 0.422. The summed E-state index contributed by atoms with van der Waals surface area (Å²) < 4.78 is 35.3. The molecule has 3 heterocycles. The number of ether oxygens (including phenoxy) is 1. The lowest BCUT2D eigenvalue weighted by molar-refractivity contribution is 0.359. The highest BCUT2D eigenvalue weighted by molar-refractivity contribution is 5.96. The minimum Gasteiger partial charge on any atom is -0.491 e. The fraction of sp³-hybridized carbons (Fsp3) is 0.231. The van der Waals surface area contributed by atoms with Gasteiger partial charge in [0.05, 0.1) is 36.3 Å². The number of pyridine rings is 1. The van der Waals surface area contributed by atoms with Gasteiger partial charge in [-0.25, -0.2) is 18.6 Å². The third-order valence-electron chi connectivity index (χ3n) is 6.14. The first-order chi connectivity index (χ1) is 16.9. The number of methoxy groups -OCH3 is 1. The van der Waals surface area contributed by atoms with Crippen LogP contribution in [-0.2, 0) is 0 Å². The molecule has 0 bridgehead atoms. The van der Waals surface area contributed by atoms with Crippen molar-refractivity contribution in [3.8, 4) is 22.6 Å². The maximum Gasteiger partial charge on any atom is 0.264 e. The molecule has 2 aromatic heterocycles. The Hall–Kier alpha value is -4.16. The van der Waals surface area contributed by atoms with E-state index >= 15 is 0 Å². The van der Waals surface area contributed by atoms with Crippen molar-refractivity contribution in [1.29, 1.82) is 0 Å². The van der Waals surface area contributed by atoms with Crippen LogP contribution in [0.25, 0.3) is 32.6 Å². The Balaban J connectivity index is 1.88. The van der Waals surface area contributed by atoms with Gasteiger partial charge in [0.25, 0.3) is 5.56 Å². The van der Waals surface area contributed by atoms with Gasteiger partial charge in [0.15, 0.2) is 23.1 Å². The summed E-state index contributed by atoms with van der Waals surface area (Å²) >= 11 is 0. The van der Waals surface area contributed by atoms with Crippen LogP contribution in [0, 0.1) is 25.1 Å². The second-order valence-corrected chi connectivity index (χ2v) is 8.39. The number of benzene rings is 2. The minimum absolute atomic E-state index is 0.00146. The molecular weight excluding hydrogens is 452 g/mol. The summed E-state index contributed by atoms with van der Waals surface area (Å²) in [6, 6.07) is 8.64. The standard InChI is InChI=1S/C26H21F2N5O2/c1-14-9-15(6-8-30-14)18-10-16(29-2)11-19-23(18)32-25(22-5-4-7-31-22)33(26(19)34)17-12-20(27)24(35-3)21(28)13-17/h6,8-13,22,31H,4-5,7H2,1,3H3. The molecule has 7 nitrogen and oxygen atoms in total. The zero-order chi connectivity index (χ0) is 24.7. The van der Waals surface area contributed by atoms with Crippen molar-refractivity contribution in [2.24, 2.45) is 0 Å². The number of halogens is 2. The number of fused-ring (bicyclic) bond motifs is 1. The number of aryl methyl sites for hydroxylation is 1. The maximum atomic E-state index is 14.6. The molecule has 5 rings (SSSR count). The van der Waals surface area contributed by atoms with E-state index in [1.54, 1.807) is 18.3 Å². The zero-order valence-corrected chi connectivity index (χ0v) is 19.1. The second kappa shape index (κ2) is 8.89. The molecule has 35 heavy (non-hydrogen) atoms. The molecule has 0 spiro atoms. The molecule has 1 N–H and O–H groups in total. The largest absolute Gasteiger partial charge is 0.491 e. The molecule has 1 aliphatic rings. The molecular formula is C26H21F2N5O2. The van der Waals surface area contributed by atoms with Gasteiger partial charge in [-0.05, 0) is 61.7 Å². The van der Waals surface area contributed by atoms with Gasteiger partial charge >= 0.3 is 0 Å². The smallest absolute Gasteiger partial charge is 0.264 e. The van der Waals surface area contributed by atoms with Crippen LogP contribution in [-0.4, -0.2) is 28.2 Å². The van der Waals surface area contributed by atoms with Crippen molar-refractivity contribution in [3.05, 3.63) is 87.5 Å². The zero-order valence-electron chi connectivity index (χ0n) is 19.1. The first-order valence-electron chi connectivity index (χ1n) is 11.1. The molecule has 0 aliphatic carbocycles. The number of rotatable bonds is 4. The summed E-state index contributed by atoms with van der Waals surface area (Å²) in [5.74, 6) is -2.03. The van der Waals surface area contributed by atoms with Crippen LogP contribution < -0.4 is 15.6 Å². The summed E-state index contributed by atoms with van der Waals surface area (Å²) in [7, 11) is 1.17. The maximum absolute atomic E-state index is 14.6. The van der Waals surface area contributed by atoms with Gasteiger partial charge in [0.2, 0.25) is 0 Å². The lowest BCUT2D eigenvalue weighted by Crippen LogP contribution is -2.29. The Morgan fingerprint density at radius 1 is 1.20 bits per heavy atom. The Bertz CT molecular complexity index is 1550. The fourth-order valence-electron chi connectivity index (χ4n) is 4.55. The van der Waals surface area contributed by atoms with E-state index in [2.05, 4.69) is 15.1 Å². The lowest BCUT2D eigenvalue weighted by atomic mass is 10.0. The van der Waals surface area contributed by atoms with E-state index in [9.17, 15) is 13.6 Å². The Labute approximate surface area is 199 Å². The van der Waals surface area contributed by atoms with Gasteiger partial charge in [0, 0.05) is 24.0 Å². The average molecular weight is 473 g/mol. The van der Waals surface area contributed by atoms with Crippen molar-refractivity contribution < 1.29 is 13.5 Å². The molecule has 1 saturated heterocycles. The second-order valence-electron chi connectivity index (χ2n) is 8.39. The third-order valence-corrected chi connectivity index (χ3v) is 6.14. The lowest BCUT2D eigenvalue weighted by Gasteiger charge is -2.20. The monoisotopic (exact) mass is 473 g/mol. The van der Waals surface area contributed by atoms with Gasteiger partial charge in [-0.2, -0.15) is 0 Å². The highest BCUT2D eigenvalue weighted by Gasteiger charge is 2.26. The predicted octanol–water partition coefficient (Wildman–Crippen LogP) is 5.02. The van der Waals surface area contributed by atoms with Crippen LogP contribution in [0.1, 0.15) is 30.4 Å². The van der Waals surface area contributed by atoms with Crippen LogP contribution in [0.5, 0.6) is 5.75 Å². The molecule has 0 saturated carbocycles. The Morgan fingerprint density at radius 3 is 2.60 bits per heavy atom. The number of hydrogen-bond acceptors (Lipinski definition) is 5. The summed E-state index contributed by atoms with van der Waals surface area (Å²) in [6.07, 6.45) is 3.24. The molecule has 0 amide bonds. The number of nitrogens with zero attached hydrogens (tertiary/aromatic N) is 4. The van der Waals surface area contributed by atoms with Crippen molar-refractivity contribution in [2.45, 2.75) is 25.8 Å². The van der Waals surface area contributed by atoms with Crippen LogP contribution in [0.4, 0.5) is 14.5 Å². The van der Waals surface area contributed by atoms with Gasteiger partial charge in [-0.15, -0.1) is 0 Å². The van der Waals surface area contributed by atoms with Crippen molar-refractivity contribution >= 4 is 16.6 Å². The molecule has 1 fully saturated rings. The number of nitrogens with one attached hydrogen (secondary N) is 1. The van der Waals surface area contributed by atoms with E-state index in [4.69, 9.17) is 16.3 Å². The highest BCUT2D eigenvalue weighted by atomic mass is 19.1. The molecule has 1 unspecified atom stereocenters. The molecule has 176 valence electrons. The summed E-state index contributed by atoms with van der Waals surface area (Å²) in [5.41, 5.74) is 2.32. The van der Waals surface area contributed by atoms with Gasteiger partial charge < -0.3 is 10.1 Å². The van der Waals surface area contributed by atoms with Crippen LogP contribution in [0.3, 0.4) is 0 Å². The summed E-state index contributed by atoms with van der Waals surface area (Å²) in [4.78, 5) is 26.6. The molecule has 1 aliphatic heterocycles. The highest BCUT2D eigenvalue weighted by Crippen LogP contribution is 2.34. The van der Waals surface area contributed by atoms with Crippen molar-refractivity contribution in [3.63, 3.8) is 0 Å². The molecule has 2 aromatic carbocycles. The first kappa shape index (κ1) is 22.6. The normalized spacial score (nSPS) is 15.3. The van der Waals surface area contributed by atoms with Crippen molar-refractivity contribution in [1.82, 2.24) is 19.9 Å².